The fourth-order valence-electron chi connectivity index (χ4n) is 4.31. The zero-order valence-corrected chi connectivity index (χ0v) is 17.0. The van der Waals surface area contributed by atoms with E-state index in [0.717, 1.165) is 60.4 Å². The zero-order valence-electron chi connectivity index (χ0n) is 16.2. The van der Waals surface area contributed by atoms with Crippen molar-refractivity contribution in [3.05, 3.63) is 24.3 Å². The van der Waals surface area contributed by atoms with Crippen molar-refractivity contribution in [3.63, 3.8) is 0 Å². The van der Waals surface area contributed by atoms with E-state index in [1.807, 2.05) is 23.1 Å². The van der Waals surface area contributed by atoms with Gasteiger partial charge in [0.05, 0.1) is 10.2 Å². The third-order valence-corrected chi connectivity index (χ3v) is 6.78. The number of carbonyl (C=O) groups is 2. The van der Waals surface area contributed by atoms with Crippen LogP contribution in [0.25, 0.3) is 10.2 Å². The fourth-order valence-corrected chi connectivity index (χ4v) is 5.20. The van der Waals surface area contributed by atoms with Crippen LogP contribution < -0.4 is 10.6 Å². The average molecular weight is 401 g/mol. The number of likely N-dealkylation sites (tertiary alicyclic amines) is 1. The van der Waals surface area contributed by atoms with E-state index in [4.69, 9.17) is 0 Å². The molecule has 150 valence electrons. The minimum Gasteiger partial charge on any atom is -0.360 e. The van der Waals surface area contributed by atoms with Gasteiger partial charge < -0.3 is 15.5 Å². The van der Waals surface area contributed by atoms with E-state index in [9.17, 15) is 9.59 Å². The molecule has 6 nitrogen and oxygen atoms in total. The molecule has 2 amide bonds. The van der Waals surface area contributed by atoms with Gasteiger partial charge in [-0.25, -0.2) is 4.98 Å². The second-order valence-corrected chi connectivity index (χ2v) is 8.76. The summed E-state index contributed by atoms with van der Waals surface area (Å²) in [5, 5.41) is 7.14. The molecule has 2 aromatic rings. The van der Waals surface area contributed by atoms with E-state index >= 15 is 0 Å². The number of anilines is 1. The molecule has 1 aromatic heterocycles. The Morgan fingerprint density at radius 1 is 1.07 bits per heavy atom. The zero-order chi connectivity index (χ0) is 19.3. The van der Waals surface area contributed by atoms with Gasteiger partial charge in [-0.1, -0.05) is 42.7 Å². The van der Waals surface area contributed by atoms with Crippen molar-refractivity contribution < 1.29 is 9.59 Å². The lowest BCUT2D eigenvalue weighted by atomic mass is 9.88. The smallest absolute Gasteiger partial charge is 0.242 e. The number of hydrogen-bond donors (Lipinski definition) is 2. The third-order valence-electron chi connectivity index (χ3n) is 5.79. The number of fused-ring (bicyclic) bond motifs is 1. The Bertz CT molecular complexity index is 798. The molecule has 1 aromatic carbocycles. The van der Waals surface area contributed by atoms with Crippen LogP contribution in [-0.4, -0.2) is 47.4 Å². The SMILES string of the molecule is O=C(NCCNc1nc2ccccc2s1)C1CCCN1C(=O)C1CCCCC1. The molecular weight excluding hydrogens is 372 g/mol. The Hall–Kier alpha value is -2.15. The molecule has 2 heterocycles. The minimum atomic E-state index is -0.295. The van der Waals surface area contributed by atoms with Gasteiger partial charge in [0.2, 0.25) is 11.8 Å². The molecule has 2 N–H and O–H groups in total. The molecule has 4 rings (SSSR count). The van der Waals surface area contributed by atoms with Crippen molar-refractivity contribution in [2.45, 2.75) is 51.0 Å². The van der Waals surface area contributed by atoms with Gasteiger partial charge in [-0.3, -0.25) is 9.59 Å². The quantitative estimate of drug-likeness (QED) is 0.729. The Morgan fingerprint density at radius 3 is 2.71 bits per heavy atom. The van der Waals surface area contributed by atoms with Crippen LogP contribution in [0.4, 0.5) is 5.13 Å². The normalized spacial score (nSPS) is 20.4. The highest BCUT2D eigenvalue weighted by Gasteiger charge is 2.37. The summed E-state index contributed by atoms with van der Waals surface area (Å²) in [6.45, 7) is 1.86. The molecule has 0 spiro atoms. The van der Waals surface area contributed by atoms with Crippen LogP contribution in [0.2, 0.25) is 0 Å². The molecule has 1 unspecified atom stereocenters. The average Bonchev–Trinajstić information content (AvgIpc) is 3.38. The number of amides is 2. The molecule has 1 saturated carbocycles. The number of nitrogens with one attached hydrogen (secondary N) is 2. The Labute approximate surface area is 169 Å². The number of benzene rings is 1. The molecule has 2 fully saturated rings. The minimum absolute atomic E-state index is 0.0206. The number of hydrogen-bond acceptors (Lipinski definition) is 5. The Balaban J connectivity index is 1.25. The summed E-state index contributed by atoms with van der Waals surface area (Å²) in [7, 11) is 0. The van der Waals surface area contributed by atoms with Crippen molar-refractivity contribution in [3.8, 4) is 0 Å². The maximum Gasteiger partial charge on any atom is 0.242 e. The van der Waals surface area contributed by atoms with Crippen LogP contribution in [0.15, 0.2) is 24.3 Å². The van der Waals surface area contributed by atoms with E-state index in [1.165, 1.54) is 6.42 Å². The van der Waals surface area contributed by atoms with E-state index in [-0.39, 0.29) is 23.8 Å². The standard InChI is InChI=1S/C21H28N4O2S/c26-19(17-10-6-14-25(17)20(27)15-7-2-1-3-8-15)22-12-13-23-21-24-16-9-4-5-11-18(16)28-21/h4-5,9,11,15,17H,1-3,6-8,10,12-14H2,(H,22,26)(H,23,24). The van der Waals surface area contributed by atoms with Gasteiger partial charge in [-0.2, -0.15) is 0 Å². The first kappa shape index (κ1) is 19.2. The highest BCUT2D eigenvalue weighted by atomic mass is 32.1. The van der Waals surface area contributed by atoms with Crippen molar-refractivity contribution in [1.82, 2.24) is 15.2 Å². The number of aromatic nitrogens is 1. The van der Waals surface area contributed by atoms with Crippen LogP contribution in [0.3, 0.4) is 0 Å². The molecule has 7 heteroatoms. The van der Waals surface area contributed by atoms with Crippen molar-refractivity contribution in [2.24, 2.45) is 5.92 Å². The molecule has 0 bridgehead atoms. The first-order chi connectivity index (χ1) is 13.7. The van der Waals surface area contributed by atoms with E-state index in [2.05, 4.69) is 21.7 Å². The summed E-state index contributed by atoms with van der Waals surface area (Å²) >= 11 is 1.61. The molecule has 28 heavy (non-hydrogen) atoms. The second kappa shape index (κ2) is 8.90. The number of carbonyl (C=O) groups excluding carboxylic acids is 2. The maximum atomic E-state index is 12.8. The van der Waals surface area contributed by atoms with E-state index in [0.29, 0.717) is 13.1 Å². The first-order valence-electron chi connectivity index (χ1n) is 10.4. The predicted molar refractivity (Wildman–Crippen MR) is 112 cm³/mol. The Morgan fingerprint density at radius 2 is 1.89 bits per heavy atom. The lowest BCUT2D eigenvalue weighted by Gasteiger charge is -2.30. The van der Waals surface area contributed by atoms with Gasteiger partial charge in [0.15, 0.2) is 5.13 Å². The summed E-state index contributed by atoms with van der Waals surface area (Å²) in [5.41, 5.74) is 0.988. The topological polar surface area (TPSA) is 74.3 Å². The van der Waals surface area contributed by atoms with Crippen molar-refractivity contribution in [2.75, 3.05) is 25.0 Å². The van der Waals surface area contributed by atoms with Crippen LogP contribution >= 0.6 is 11.3 Å². The first-order valence-corrected chi connectivity index (χ1v) is 11.2. The number of rotatable bonds is 6. The number of para-hydroxylation sites is 1. The summed E-state index contributed by atoms with van der Waals surface area (Å²) in [6.07, 6.45) is 7.16. The molecule has 0 radical (unpaired) electrons. The van der Waals surface area contributed by atoms with Gasteiger partial charge in [0.1, 0.15) is 6.04 Å². The van der Waals surface area contributed by atoms with Gasteiger partial charge in [-0.15, -0.1) is 0 Å². The van der Waals surface area contributed by atoms with Crippen LogP contribution in [-0.2, 0) is 9.59 Å². The second-order valence-electron chi connectivity index (χ2n) is 7.73. The molecule has 1 aliphatic carbocycles. The highest BCUT2D eigenvalue weighted by molar-refractivity contribution is 7.22. The predicted octanol–water partition coefficient (Wildman–Crippen LogP) is 3.40. The van der Waals surface area contributed by atoms with Gasteiger partial charge in [-0.05, 0) is 37.8 Å². The molecule has 1 saturated heterocycles. The summed E-state index contributed by atoms with van der Waals surface area (Å²) < 4.78 is 1.15. The van der Waals surface area contributed by atoms with E-state index in [1.54, 1.807) is 11.3 Å². The molecular formula is C21H28N4O2S. The molecule has 1 atom stereocenters. The van der Waals surface area contributed by atoms with E-state index < -0.39 is 0 Å². The van der Waals surface area contributed by atoms with Crippen molar-refractivity contribution >= 4 is 38.5 Å². The van der Waals surface area contributed by atoms with Crippen LogP contribution in [0.5, 0.6) is 0 Å². The fraction of sp³-hybridized carbons (Fsp3) is 0.571. The van der Waals surface area contributed by atoms with Crippen molar-refractivity contribution in [1.29, 1.82) is 0 Å². The summed E-state index contributed by atoms with van der Waals surface area (Å²) in [5.74, 6) is 0.306. The lowest BCUT2D eigenvalue weighted by Crippen LogP contribution is -2.48. The third kappa shape index (κ3) is 4.29. The van der Waals surface area contributed by atoms with Gasteiger partial charge in [0, 0.05) is 25.6 Å². The summed E-state index contributed by atoms with van der Waals surface area (Å²) in [4.78, 5) is 31.9. The Kier molecular flexibility index (Phi) is 6.10. The van der Waals surface area contributed by atoms with Crippen LogP contribution in [0, 0.1) is 5.92 Å². The largest absolute Gasteiger partial charge is 0.360 e. The van der Waals surface area contributed by atoms with Gasteiger partial charge in [0.25, 0.3) is 0 Å². The lowest BCUT2D eigenvalue weighted by molar-refractivity contribution is -0.142. The number of thiazole rings is 1. The molecule has 2 aliphatic rings. The summed E-state index contributed by atoms with van der Waals surface area (Å²) in [6, 6.07) is 7.74. The van der Waals surface area contributed by atoms with Gasteiger partial charge >= 0.3 is 0 Å². The molecule has 1 aliphatic heterocycles. The number of nitrogens with zero attached hydrogens (tertiary/aromatic N) is 2. The van der Waals surface area contributed by atoms with Crippen LogP contribution in [0.1, 0.15) is 44.9 Å². The maximum absolute atomic E-state index is 12.8. The monoisotopic (exact) mass is 400 g/mol. The highest BCUT2D eigenvalue weighted by Crippen LogP contribution is 2.29.